The number of fused-ring (bicyclic) bond motifs is 2. The topological polar surface area (TPSA) is 128 Å². The Bertz CT molecular complexity index is 1700. The summed E-state index contributed by atoms with van der Waals surface area (Å²) in [6, 6.07) is 7.90. The number of pyridine rings is 3. The van der Waals surface area contributed by atoms with E-state index < -0.39 is 5.41 Å². The Hall–Kier alpha value is -4.86. The van der Waals surface area contributed by atoms with Crippen molar-refractivity contribution in [2.45, 2.75) is 27.7 Å². The highest BCUT2D eigenvalue weighted by Crippen LogP contribution is 2.33. The number of anilines is 2. The number of aromatic amines is 2. The van der Waals surface area contributed by atoms with E-state index in [1.165, 1.54) is 0 Å². The predicted molar refractivity (Wildman–Crippen MR) is 152 cm³/mol. The monoisotopic (exact) mass is 507 g/mol. The van der Waals surface area contributed by atoms with Crippen LogP contribution in [0.1, 0.15) is 27.7 Å². The molecule has 1 amide bonds. The van der Waals surface area contributed by atoms with Crippen molar-refractivity contribution in [3.05, 3.63) is 60.9 Å². The molecule has 0 aliphatic rings. The second-order valence-electron chi connectivity index (χ2n) is 10.2. The Balaban J connectivity index is 1.53. The van der Waals surface area contributed by atoms with Gasteiger partial charge in [0.1, 0.15) is 5.65 Å². The summed E-state index contributed by atoms with van der Waals surface area (Å²) in [5, 5.41) is 12.3. The maximum Gasteiger partial charge on any atom is 0.229 e. The number of H-pyrrole nitrogens is 2. The zero-order chi connectivity index (χ0) is 27.0. The zero-order valence-electron chi connectivity index (χ0n) is 22.0. The molecule has 10 nitrogen and oxygen atoms in total. The van der Waals surface area contributed by atoms with Gasteiger partial charge in [-0.15, -0.1) is 0 Å². The molecule has 0 aromatic carbocycles. The van der Waals surface area contributed by atoms with Crippen LogP contribution in [-0.4, -0.2) is 49.8 Å². The molecule has 0 aliphatic carbocycles. The summed E-state index contributed by atoms with van der Waals surface area (Å²) in [7, 11) is 1.96. The largest absolute Gasteiger partial charge is 0.349 e. The number of carbonyl (C=O) groups is 1. The molecule has 10 heteroatoms. The highest BCUT2D eigenvalue weighted by atomic mass is 16.2. The van der Waals surface area contributed by atoms with E-state index in [2.05, 4.69) is 47.2 Å². The van der Waals surface area contributed by atoms with Crippen LogP contribution in [0.4, 0.5) is 11.4 Å². The number of hydrogen-bond donors (Lipinski definition) is 3. The lowest BCUT2D eigenvalue weighted by Gasteiger charge is -2.17. The van der Waals surface area contributed by atoms with Crippen LogP contribution in [0.2, 0.25) is 0 Å². The van der Waals surface area contributed by atoms with Crippen molar-refractivity contribution in [1.82, 2.24) is 30.1 Å². The van der Waals surface area contributed by atoms with Gasteiger partial charge in [0.05, 0.1) is 34.7 Å². The Morgan fingerprint density at radius 3 is 2.66 bits per heavy atom. The average molecular weight is 508 g/mol. The van der Waals surface area contributed by atoms with E-state index in [1.54, 1.807) is 24.8 Å². The van der Waals surface area contributed by atoms with Gasteiger partial charge in [0.25, 0.3) is 0 Å². The maximum atomic E-state index is 12.4. The van der Waals surface area contributed by atoms with E-state index in [-0.39, 0.29) is 5.91 Å². The lowest BCUT2D eigenvalue weighted by Crippen LogP contribution is -2.27. The first-order valence-electron chi connectivity index (χ1n) is 12.1. The molecule has 3 N–H and O–H groups in total. The first-order valence-corrected chi connectivity index (χ1v) is 12.1. The summed E-state index contributed by atoms with van der Waals surface area (Å²) in [5.41, 5.74) is 6.56. The number of aliphatic imine (C=N–C) groups is 1. The zero-order valence-corrected chi connectivity index (χ0v) is 22.0. The summed E-state index contributed by atoms with van der Waals surface area (Å²) in [6.07, 6.45) is 8.82. The quantitative estimate of drug-likeness (QED) is 0.259. The van der Waals surface area contributed by atoms with Crippen LogP contribution in [0.25, 0.3) is 44.6 Å². The molecule has 0 fully saturated rings. The minimum atomic E-state index is -0.511. The number of hydrogen-bond acceptors (Lipinski definition) is 7. The van der Waals surface area contributed by atoms with E-state index in [4.69, 9.17) is 0 Å². The van der Waals surface area contributed by atoms with Crippen molar-refractivity contribution in [3.8, 4) is 22.5 Å². The molecule has 0 radical (unpaired) electrons. The Morgan fingerprint density at radius 1 is 1.11 bits per heavy atom. The molecule has 0 saturated carbocycles. The van der Waals surface area contributed by atoms with Gasteiger partial charge in [0.15, 0.2) is 5.65 Å². The fourth-order valence-corrected chi connectivity index (χ4v) is 4.09. The van der Waals surface area contributed by atoms with E-state index >= 15 is 0 Å². The lowest BCUT2D eigenvalue weighted by molar-refractivity contribution is -0.123. The standard InChI is InChI=1S/C28H29N9O/c1-16(29-5)15-37(6)23-7-8-31-25-20(23)11-22(34-25)24-21-10-18(13-32-26(21)36-35-24)17-9-19(14-30-12-17)33-27(38)28(2,3)4/h7-15H,5H2,1-4,6H3,(H,31,34)(H,33,38)(H,32,35,36)/b16-15-. The van der Waals surface area contributed by atoms with Crippen molar-refractivity contribution in [2.75, 3.05) is 17.3 Å². The summed E-state index contributed by atoms with van der Waals surface area (Å²) in [5.74, 6) is -0.0778. The molecule has 5 rings (SSSR count). The fourth-order valence-electron chi connectivity index (χ4n) is 4.09. The van der Waals surface area contributed by atoms with E-state index in [0.717, 1.165) is 50.3 Å². The summed E-state index contributed by atoms with van der Waals surface area (Å²) in [4.78, 5) is 35.2. The molecule has 5 aromatic heterocycles. The van der Waals surface area contributed by atoms with Crippen LogP contribution in [0.15, 0.2) is 65.9 Å². The second kappa shape index (κ2) is 9.55. The van der Waals surface area contributed by atoms with Gasteiger partial charge in [-0.1, -0.05) is 20.8 Å². The van der Waals surface area contributed by atoms with Crippen LogP contribution < -0.4 is 10.2 Å². The van der Waals surface area contributed by atoms with Crippen molar-refractivity contribution >= 4 is 46.1 Å². The normalized spacial score (nSPS) is 12.2. The van der Waals surface area contributed by atoms with Crippen molar-refractivity contribution in [3.63, 3.8) is 0 Å². The first-order chi connectivity index (χ1) is 18.1. The van der Waals surface area contributed by atoms with E-state index in [0.29, 0.717) is 11.3 Å². The Labute approximate surface area is 220 Å². The van der Waals surface area contributed by atoms with Crippen LogP contribution in [0.5, 0.6) is 0 Å². The first kappa shape index (κ1) is 24.8. The third kappa shape index (κ3) is 4.75. The van der Waals surface area contributed by atoms with Gasteiger partial charge in [-0.25, -0.2) is 9.97 Å². The number of aromatic nitrogens is 6. The summed E-state index contributed by atoms with van der Waals surface area (Å²) < 4.78 is 0. The minimum absolute atomic E-state index is 0.0778. The molecule has 192 valence electrons. The van der Waals surface area contributed by atoms with Crippen molar-refractivity contribution in [2.24, 2.45) is 10.4 Å². The second-order valence-corrected chi connectivity index (χ2v) is 10.2. The number of carbonyl (C=O) groups excluding carboxylic acids is 1. The molecule has 0 atom stereocenters. The number of nitrogens with zero attached hydrogens (tertiary/aromatic N) is 6. The molecule has 5 aromatic rings. The third-order valence-electron chi connectivity index (χ3n) is 6.21. The van der Waals surface area contributed by atoms with Gasteiger partial charge >= 0.3 is 0 Å². The molecule has 0 aliphatic heterocycles. The van der Waals surface area contributed by atoms with Gasteiger partial charge in [-0.2, -0.15) is 5.10 Å². The van der Waals surface area contributed by atoms with E-state index in [9.17, 15) is 4.79 Å². The number of rotatable bonds is 6. The van der Waals surface area contributed by atoms with Gasteiger partial charge < -0.3 is 15.2 Å². The molecule has 5 heterocycles. The van der Waals surface area contributed by atoms with E-state index in [1.807, 2.05) is 70.1 Å². The van der Waals surface area contributed by atoms with Crippen LogP contribution in [-0.2, 0) is 4.79 Å². The molecular formula is C28H29N9O. The van der Waals surface area contributed by atoms with Crippen LogP contribution in [0, 0.1) is 5.41 Å². The molecular weight excluding hydrogens is 478 g/mol. The average Bonchev–Trinajstić information content (AvgIpc) is 3.51. The molecule has 0 bridgehead atoms. The summed E-state index contributed by atoms with van der Waals surface area (Å²) in [6.45, 7) is 11.1. The maximum absolute atomic E-state index is 12.4. The molecule has 0 saturated heterocycles. The highest BCUT2D eigenvalue weighted by Gasteiger charge is 2.21. The Morgan fingerprint density at radius 2 is 1.89 bits per heavy atom. The highest BCUT2D eigenvalue weighted by molar-refractivity contribution is 5.99. The lowest BCUT2D eigenvalue weighted by atomic mass is 9.95. The molecule has 0 unspecified atom stereocenters. The van der Waals surface area contributed by atoms with Gasteiger partial charge in [-0.05, 0) is 37.9 Å². The van der Waals surface area contributed by atoms with Crippen LogP contribution in [0.3, 0.4) is 0 Å². The van der Waals surface area contributed by atoms with Crippen molar-refractivity contribution in [1.29, 1.82) is 0 Å². The predicted octanol–water partition coefficient (Wildman–Crippen LogP) is 5.55. The fraction of sp³-hybridized carbons (Fsp3) is 0.214. The van der Waals surface area contributed by atoms with Crippen LogP contribution >= 0.6 is 0 Å². The summed E-state index contributed by atoms with van der Waals surface area (Å²) >= 11 is 0. The van der Waals surface area contributed by atoms with Gasteiger partial charge in [-0.3, -0.25) is 19.9 Å². The third-order valence-corrected chi connectivity index (χ3v) is 6.21. The number of nitrogens with one attached hydrogen (secondary N) is 3. The molecule has 0 spiro atoms. The number of amides is 1. The Kier molecular flexibility index (Phi) is 6.23. The van der Waals surface area contributed by atoms with Gasteiger partial charge in [0.2, 0.25) is 5.91 Å². The van der Waals surface area contributed by atoms with Crippen molar-refractivity contribution < 1.29 is 4.79 Å². The SMILES string of the molecule is C=N/C(C)=C\N(C)c1ccnc2[nH]c(-c3[nH]nc4ncc(-c5cncc(NC(=O)C(C)(C)C)c5)cc34)cc12. The van der Waals surface area contributed by atoms with Gasteiger partial charge in [0, 0.05) is 59.2 Å². The number of allylic oxidation sites excluding steroid dienone is 1. The smallest absolute Gasteiger partial charge is 0.229 e. The minimum Gasteiger partial charge on any atom is -0.349 e. The molecule has 38 heavy (non-hydrogen) atoms.